The minimum atomic E-state index is -1.03. The number of para-hydroxylation sites is 1. The summed E-state index contributed by atoms with van der Waals surface area (Å²) >= 11 is 0. The Kier molecular flexibility index (Phi) is 9.21. The first-order valence-electron chi connectivity index (χ1n) is 13.7. The zero-order chi connectivity index (χ0) is 27.1. The number of carbonyl (C=O) groups is 4. The Hall–Kier alpha value is -3.61. The quantitative estimate of drug-likeness (QED) is 0.225. The maximum atomic E-state index is 15.0. The summed E-state index contributed by atoms with van der Waals surface area (Å²) < 4.78 is 15.0. The van der Waals surface area contributed by atoms with Crippen molar-refractivity contribution >= 4 is 29.3 Å². The van der Waals surface area contributed by atoms with E-state index < -0.39 is 41.3 Å². The summed E-state index contributed by atoms with van der Waals surface area (Å²) in [5.74, 6) is -4.51. The number of benzene rings is 2. The predicted octanol–water partition coefficient (Wildman–Crippen LogP) is 6.47. The second kappa shape index (κ2) is 12.8. The van der Waals surface area contributed by atoms with E-state index in [1.165, 1.54) is 31.8 Å². The number of fused-ring (bicyclic) bond motifs is 1. The third kappa shape index (κ3) is 5.93. The minimum Gasteiger partial charge on any atom is -0.274 e. The van der Waals surface area contributed by atoms with Gasteiger partial charge >= 0.3 is 0 Å². The fraction of sp³-hybridized carbons (Fsp3) is 0.419. The first-order chi connectivity index (χ1) is 18.4. The van der Waals surface area contributed by atoms with E-state index in [9.17, 15) is 19.2 Å². The van der Waals surface area contributed by atoms with Crippen LogP contribution < -0.4 is 4.90 Å². The van der Waals surface area contributed by atoms with Crippen LogP contribution in [-0.2, 0) is 9.59 Å². The van der Waals surface area contributed by atoms with Crippen LogP contribution >= 0.6 is 0 Å². The number of imide groups is 2. The Morgan fingerprint density at radius 3 is 1.95 bits per heavy atom. The third-order valence-electron chi connectivity index (χ3n) is 7.42. The lowest BCUT2D eigenvalue weighted by atomic mass is 9.90. The summed E-state index contributed by atoms with van der Waals surface area (Å²) in [7, 11) is 0. The molecule has 1 fully saturated rings. The molecular weight excluding hydrogens is 483 g/mol. The van der Waals surface area contributed by atoms with Crippen molar-refractivity contribution in [1.82, 2.24) is 4.90 Å². The van der Waals surface area contributed by atoms with E-state index in [4.69, 9.17) is 0 Å². The van der Waals surface area contributed by atoms with Gasteiger partial charge in [0.25, 0.3) is 11.8 Å². The van der Waals surface area contributed by atoms with Crippen LogP contribution in [0.15, 0.2) is 66.5 Å². The van der Waals surface area contributed by atoms with E-state index in [1.54, 1.807) is 54.6 Å². The molecule has 38 heavy (non-hydrogen) atoms. The number of rotatable bonds is 13. The zero-order valence-corrected chi connectivity index (χ0v) is 21.9. The van der Waals surface area contributed by atoms with E-state index in [-0.39, 0.29) is 24.1 Å². The highest BCUT2D eigenvalue weighted by Gasteiger charge is 2.51. The molecule has 0 unspecified atom stereocenters. The fourth-order valence-electron chi connectivity index (χ4n) is 5.31. The molecule has 2 aliphatic rings. The van der Waals surface area contributed by atoms with Gasteiger partial charge in [0, 0.05) is 13.0 Å². The topological polar surface area (TPSA) is 74.8 Å². The average molecular weight is 519 g/mol. The SMILES string of the molecule is CCCCCCCCC/C=C(\F)C[C@H]1C(=O)N(c2ccccc2)C(=O)[C@@H]1CN1C(=O)c2ccccc2C1=O. The molecule has 4 rings (SSSR count). The van der Waals surface area contributed by atoms with Crippen molar-refractivity contribution in [3.63, 3.8) is 0 Å². The molecule has 7 heteroatoms. The van der Waals surface area contributed by atoms with Gasteiger partial charge < -0.3 is 0 Å². The van der Waals surface area contributed by atoms with Gasteiger partial charge in [0.1, 0.15) is 0 Å². The lowest BCUT2D eigenvalue weighted by molar-refractivity contribution is -0.122. The maximum Gasteiger partial charge on any atom is 0.261 e. The molecule has 200 valence electrons. The highest BCUT2D eigenvalue weighted by atomic mass is 19.1. The van der Waals surface area contributed by atoms with Crippen LogP contribution in [0.25, 0.3) is 0 Å². The molecule has 0 N–H and O–H groups in total. The molecule has 2 aliphatic heterocycles. The van der Waals surface area contributed by atoms with Crippen molar-refractivity contribution in [2.24, 2.45) is 11.8 Å². The van der Waals surface area contributed by atoms with Gasteiger partial charge in [-0.2, -0.15) is 0 Å². The van der Waals surface area contributed by atoms with E-state index in [1.807, 2.05) is 0 Å². The molecule has 6 nitrogen and oxygen atoms in total. The van der Waals surface area contributed by atoms with Crippen LogP contribution in [0.4, 0.5) is 10.1 Å². The number of amides is 4. The molecule has 0 spiro atoms. The summed E-state index contributed by atoms with van der Waals surface area (Å²) in [6.45, 7) is 1.91. The first-order valence-corrected chi connectivity index (χ1v) is 13.7. The molecule has 0 bridgehead atoms. The lowest BCUT2D eigenvalue weighted by Gasteiger charge is -2.21. The largest absolute Gasteiger partial charge is 0.274 e. The summed E-state index contributed by atoms with van der Waals surface area (Å²) in [6, 6.07) is 15.0. The van der Waals surface area contributed by atoms with Gasteiger partial charge in [0.05, 0.1) is 34.5 Å². The molecule has 4 amide bonds. The Bertz CT molecular complexity index is 1170. The van der Waals surface area contributed by atoms with Crippen LogP contribution in [-0.4, -0.2) is 35.1 Å². The molecular formula is C31H35FN2O4. The molecule has 2 heterocycles. The molecule has 0 radical (unpaired) electrons. The fourth-order valence-corrected chi connectivity index (χ4v) is 5.31. The van der Waals surface area contributed by atoms with Crippen molar-refractivity contribution in [3.05, 3.63) is 77.6 Å². The molecule has 0 aliphatic carbocycles. The van der Waals surface area contributed by atoms with Gasteiger partial charge in [0.2, 0.25) is 11.8 Å². The highest BCUT2D eigenvalue weighted by molar-refractivity contribution is 6.24. The van der Waals surface area contributed by atoms with Gasteiger partial charge in [0.15, 0.2) is 0 Å². The normalized spacial score (nSPS) is 19.6. The number of unbranched alkanes of at least 4 members (excludes halogenated alkanes) is 7. The van der Waals surface area contributed by atoms with Crippen molar-refractivity contribution in [2.75, 3.05) is 11.4 Å². The van der Waals surface area contributed by atoms with Crippen LogP contribution in [0.2, 0.25) is 0 Å². The van der Waals surface area contributed by atoms with Gasteiger partial charge in [-0.1, -0.05) is 81.9 Å². The molecule has 2 aromatic carbocycles. The Labute approximate surface area is 223 Å². The zero-order valence-electron chi connectivity index (χ0n) is 21.9. The van der Waals surface area contributed by atoms with Crippen molar-refractivity contribution in [2.45, 2.75) is 64.7 Å². The molecule has 1 saturated heterocycles. The van der Waals surface area contributed by atoms with Gasteiger partial charge in [-0.15, -0.1) is 0 Å². The van der Waals surface area contributed by atoms with Crippen molar-refractivity contribution in [1.29, 1.82) is 0 Å². The first kappa shape index (κ1) is 27.4. The van der Waals surface area contributed by atoms with E-state index in [0.29, 0.717) is 12.1 Å². The van der Waals surface area contributed by atoms with Gasteiger partial charge in [-0.25, -0.2) is 9.29 Å². The van der Waals surface area contributed by atoms with Crippen LogP contribution in [0, 0.1) is 11.8 Å². The Balaban J connectivity index is 1.47. The molecule has 2 aromatic rings. The van der Waals surface area contributed by atoms with E-state index >= 15 is 4.39 Å². The Morgan fingerprint density at radius 1 is 0.763 bits per heavy atom. The molecule has 0 saturated carbocycles. The summed E-state index contributed by atoms with van der Waals surface area (Å²) in [6.07, 6.45) is 9.71. The highest BCUT2D eigenvalue weighted by Crippen LogP contribution is 2.37. The van der Waals surface area contributed by atoms with Gasteiger partial charge in [-0.3, -0.25) is 24.1 Å². The predicted molar refractivity (Wildman–Crippen MR) is 144 cm³/mol. The number of anilines is 1. The lowest BCUT2D eigenvalue weighted by Crippen LogP contribution is -2.39. The number of nitrogens with zero attached hydrogens (tertiary/aromatic N) is 2. The number of hydrogen-bond donors (Lipinski definition) is 0. The van der Waals surface area contributed by atoms with E-state index in [2.05, 4.69) is 6.92 Å². The van der Waals surface area contributed by atoms with Crippen LogP contribution in [0.1, 0.15) is 85.4 Å². The minimum absolute atomic E-state index is 0.238. The third-order valence-corrected chi connectivity index (χ3v) is 7.42. The monoisotopic (exact) mass is 518 g/mol. The smallest absolute Gasteiger partial charge is 0.261 e. The molecule has 0 aromatic heterocycles. The van der Waals surface area contributed by atoms with Crippen LogP contribution in [0.5, 0.6) is 0 Å². The average Bonchev–Trinajstić information content (AvgIpc) is 3.30. The number of hydrogen-bond acceptors (Lipinski definition) is 4. The summed E-state index contributed by atoms with van der Waals surface area (Å²) in [4.78, 5) is 54.9. The summed E-state index contributed by atoms with van der Waals surface area (Å²) in [5.41, 5.74) is 0.933. The second-order valence-corrected chi connectivity index (χ2v) is 10.1. The van der Waals surface area contributed by atoms with Crippen molar-refractivity contribution in [3.8, 4) is 0 Å². The molecule has 2 atom stereocenters. The van der Waals surface area contributed by atoms with E-state index in [0.717, 1.165) is 29.1 Å². The number of halogens is 1. The van der Waals surface area contributed by atoms with Crippen LogP contribution in [0.3, 0.4) is 0 Å². The summed E-state index contributed by atoms with van der Waals surface area (Å²) in [5, 5.41) is 0. The number of allylic oxidation sites excluding steroid dienone is 2. The number of carbonyl (C=O) groups excluding carboxylic acids is 4. The maximum absolute atomic E-state index is 15.0. The van der Waals surface area contributed by atoms with Crippen molar-refractivity contribution < 1.29 is 23.6 Å². The Morgan fingerprint density at radius 2 is 1.32 bits per heavy atom. The second-order valence-electron chi connectivity index (χ2n) is 10.1. The standard InChI is InChI=1S/C31H35FN2O4/c1-2-3-4-5-6-7-8-10-15-22(32)20-26-27(31(38)34(30(26)37)23-16-11-9-12-17-23)21-33-28(35)24-18-13-14-19-25(24)29(33)36/h9,11-19,26-27H,2-8,10,20-21H2,1H3/b22-15-/t26-,27-/m1/s1. The van der Waals surface area contributed by atoms with Gasteiger partial charge in [-0.05, 0) is 37.1 Å².